The van der Waals surface area contributed by atoms with E-state index in [1.54, 1.807) is 17.5 Å². The topological polar surface area (TPSA) is 26.5 Å². The van der Waals surface area contributed by atoms with E-state index in [2.05, 4.69) is 4.98 Å². The second kappa shape index (κ2) is 4.92. The lowest BCUT2D eigenvalue weighted by atomic mass is 10.2. The molecule has 0 saturated carbocycles. The van der Waals surface area contributed by atoms with Crippen molar-refractivity contribution in [2.75, 3.05) is 0 Å². The lowest BCUT2D eigenvalue weighted by Gasteiger charge is -2.08. The van der Waals surface area contributed by atoms with E-state index in [9.17, 15) is 8.78 Å². The monoisotopic (exact) mass is 274 g/mol. The molecule has 0 unspecified atom stereocenters. The Hall–Kier alpha value is -2.43. The molecule has 2 aromatic heterocycles. The zero-order valence-electron chi connectivity index (χ0n) is 10.8. The summed E-state index contributed by atoms with van der Waals surface area (Å²) in [6.07, 6.45) is 1.79. The Morgan fingerprint density at radius 3 is 2.60 bits per heavy atom. The Kier molecular flexibility index (Phi) is 3.10. The molecule has 0 radical (unpaired) electrons. The van der Waals surface area contributed by atoms with E-state index in [0.717, 1.165) is 5.65 Å². The van der Waals surface area contributed by atoms with Crippen molar-refractivity contribution < 1.29 is 13.5 Å². The summed E-state index contributed by atoms with van der Waals surface area (Å²) in [5, 5.41) is 0. The van der Waals surface area contributed by atoms with Crippen molar-refractivity contribution >= 4 is 5.65 Å². The van der Waals surface area contributed by atoms with Crippen LogP contribution in [0.15, 0.2) is 42.6 Å². The van der Waals surface area contributed by atoms with E-state index in [1.165, 1.54) is 18.2 Å². The van der Waals surface area contributed by atoms with Gasteiger partial charge in [-0.25, -0.2) is 13.8 Å². The number of ether oxygens (including phenoxy) is 1. The van der Waals surface area contributed by atoms with Crippen LogP contribution in [0.1, 0.15) is 11.3 Å². The molecule has 0 saturated heterocycles. The van der Waals surface area contributed by atoms with E-state index in [1.807, 2.05) is 18.2 Å². The highest BCUT2D eigenvalue weighted by molar-refractivity contribution is 5.45. The van der Waals surface area contributed by atoms with Crippen LogP contribution in [0, 0.1) is 18.6 Å². The van der Waals surface area contributed by atoms with E-state index >= 15 is 0 Å². The molecule has 20 heavy (non-hydrogen) atoms. The van der Waals surface area contributed by atoms with Crippen LogP contribution in [0.5, 0.6) is 5.88 Å². The van der Waals surface area contributed by atoms with Crippen LogP contribution in [0.2, 0.25) is 0 Å². The number of rotatable bonds is 3. The number of hydrogen-bond acceptors (Lipinski definition) is 2. The van der Waals surface area contributed by atoms with Crippen LogP contribution in [-0.2, 0) is 6.61 Å². The molecule has 3 nitrogen and oxygen atoms in total. The maximum Gasteiger partial charge on any atom is 0.221 e. The van der Waals surface area contributed by atoms with Gasteiger partial charge in [0.15, 0.2) is 0 Å². The van der Waals surface area contributed by atoms with Crippen LogP contribution in [-0.4, -0.2) is 9.38 Å². The van der Waals surface area contributed by atoms with Crippen molar-refractivity contribution in [3.05, 3.63) is 65.5 Å². The maximum atomic E-state index is 13.6. The van der Waals surface area contributed by atoms with Crippen molar-refractivity contribution in [1.82, 2.24) is 9.38 Å². The summed E-state index contributed by atoms with van der Waals surface area (Å²) in [5.74, 6) is -0.740. The summed E-state index contributed by atoms with van der Waals surface area (Å²) in [7, 11) is 0. The van der Waals surface area contributed by atoms with Gasteiger partial charge in [0.25, 0.3) is 0 Å². The number of hydrogen-bond donors (Lipinski definition) is 0. The van der Waals surface area contributed by atoms with E-state index in [0.29, 0.717) is 11.6 Å². The van der Waals surface area contributed by atoms with Gasteiger partial charge in [0, 0.05) is 6.20 Å². The summed E-state index contributed by atoms with van der Waals surface area (Å²) in [6, 6.07) is 9.29. The summed E-state index contributed by atoms with van der Waals surface area (Å²) >= 11 is 0. The van der Waals surface area contributed by atoms with Gasteiger partial charge in [-0.15, -0.1) is 0 Å². The molecule has 0 spiro atoms. The smallest absolute Gasteiger partial charge is 0.221 e. The fraction of sp³-hybridized carbons (Fsp3) is 0.133. The molecule has 2 heterocycles. The second-order valence-corrected chi connectivity index (χ2v) is 4.42. The highest BCUT2D eigenvalue weighted by atomic mass is 19.1. The normalized spacial score (nSPS) is 10.9. The average molecular weight is 274 g/mol. The SMILES string of the molecule is Cc1nc2ccccn2c1OCc1c(F)cccc1F. The van der Waals surface area contributed by atoms with Crippen molar-refractivity contribution in [3.8, 4) is 5.88 Å². The molecule has 0 amide bonds. The number of nitrogens with zero attached hydrogens (tertiary/aromatic N) is 2. The quantitative estimate of drug-likeness (QED) is 0.730. The Morgan fingerprint density at radius 1 is 1.10 bits per heavy atom. The molecule has 0 N–H and O–H groups in total. The summed E-state index contributed by atoms with van der Waals surface area (Å²) in [5.41, 5.74) is 1.32. The van der Waals surface area contributed by atoms with Crippen LogP contribution >= 0.6 is 0 Å². The standard InChI is InChI=1S/C15H12F2N2O/c1-10-15(19-8-3-2-7-14(19)18-10)20-9-11-12(16)5-4-6-13(11)17/h2-8H,9H2,1H3. The van der Waals surface area contributed by atoms with Gasteiger partial charge in [-0.05, 0) is 31.2 Å². The molecule has 3 aromatic rings. The number of halogens is 2. The maximum absolute atomic E-state index is 13.6. The number of aromatic nitrogens is 2. The van der Waals surface area contributed by atoms with Gasteiger partial charge >= 0.3 is 0 Å². The van der Waals surface area contributed by atoms with Crippen molar-refractivity contribution in [3.63, 3.8) is 0 Å². The number of fused-ring (bicyclic) bond motifs is 1. The molecule has 0 aliphatic carbocycles. The Balaban J connectivity index is 1.93. The van der Waals surface area contributed by atoms with Gasteiger partial charge in [0.1, 0.15) is 29.6 Å². The van der Waals surface area contributed by atoms with Gasteiger partial charge in [-0.2, -0.15) is 0 Å². The van der Waals surface area contributed by atoms with Crippen LogP contribution < -0.4 is 4.74 Å². The Labute approximate surface area is 114 Å². The molecule has 1 aromatic carbocycles. The lowest BCUT2D eigenvalue weighted by molar-refractivity contribution is 0.277. The number of aryl methyl sites for hydroxylation is 1. The van der Waals surface area contributed by atoms with Gasteiger partial charge in [-0.1, -0.05) is 12.1 Å². The first kappa shape index (κ1) is 12.6. The fourth-order valence-corrected chi connectivity index (χ4v) is 2.08. The third-order valence-corrected chi connectivity index (χ3v) is 3.06. The zero-order chi connectivity index (χ0) is 14.1. The predicted molar refractivity (Wildman–Crippen MR) is 70.6 cm³/mol. The van der Waals surface area contributed by atoms with Crippen LogP contribution in [0.4, 0.5) is 8.78 Å². The van der Waals surface area contributed by atoms with Crippen molar-refractivity contribution in [1.29, 1.82) is 0 Å². The second-order valence-electron chi connectivity index (χ2n) is 4.42. The van der Waals surface area contributed by atoms with Crippen molar-refractivity contribution in [2.45, 2.75) is 13.5 Å². The van der Waals surface area contributed by atoms with E-state index in [-0.39, 0.29) is 12.2 Å². The van der Waals surface area contributed by atoms with E-state index in [4.69, 9.17) is 4.74 Å². The third-order valence-electron chi connectivity index (χ3n) is 3.06. The van der Waals surface area contributed by atoms with Gasteiger partial charge in [0.2, 0.25) is 5.88 Å². The van der Waals surface area contributed by atoms with Crippen molar-refractivity contribution in [2.24, 2.45) is 0 Å². The first-order valence-electron chi connectivity index (χ1n) is 6.16. The van der Waals surface area contributed by atoms with Gasteiger partial charge < -0.3 is 4.74 Å². The minimum Gasteiger partial charge on any atom is -0.472 e. The molecule has 3 rings (SSSR count). The molecular weight excluding hydrogens is 262 g/mol. The minimum atomic E-state index is -0.614. The first-order chi connectivity index (χ1) is 9.66. The Morgan fingerprint density at radius 2 is 1.85 bits per heavy atom. The number of imidazole rings is 1. The third kappa shape index (κ3) is 2.11. The minimum absolute atomic E-state index is 0.0854. The van der Waals surface area contributed by atoms with Crippen LogP contribution in [0.25, 0.3) is 5.65 Å². The molecule has 0 bridgehead atoms. The molecular formula is C15H12F2N2O. The molecule has 0 aliphatic rings. The fourth-order valence-electron chi connectivity index (χ4n) is 2.08. The highest BCUT2D eigenvalue weighted by Gasteiger charge is 2.13. The number of pyridine rings is 1. The molecule has 5 heteroatoms. The molecule has 102 valence electrons. The highest BCUT2D eigenvalue weighted by Crippen LogP contribution is 2.22. The summed E-state index contributed by atoms with van der Waals surface area (Å²) in [4.78, 5) is 4.32. The predicted octanol–water partition coefficient (Wildman–Crippen LogP) is 3.50. The van der Waals surface area contributed by atoms with Gasteiger partial charge in [0.05, 0.1) is 5.56 Å². The molecule has 0 aliphatic heterocycles. The number of benzene rings is 1. The summed E-state index contributed by atoms with van der Waals surface area (Å²) in [6.45, 7) is 1.61. The first-order valence-corrected chi connectivity index (χ1v) is 6.16. The molecule has 0 atom stereocenters. The van der Waals surface area contributed by atoms with E-state index < -0.39 is 11.6 Å². The Bertz CT molecular complexity index is 747. The van der Waals surface area contributed by atoms with Crippen LogP contribution in [0.3, 0.4) is 0 Å². The molecule has 0 fully saturated rings. The lowest BCUT2D eigenvalue weighted by Crippen LogP contribution is -2.04. The average Bonchev–Trinajstić information content (AvgIpc) is 2.74. The largest absolute Gasteiger partial charge is 0.472 e. The van der Waals surface area contributed by atoms with Gasteiger partial charge in [-0.3, -0.25) is 4.40 Å². The summed E-state index contributed by atoms with van der Waals surface area (Å²) < 4.78 is 34.4. The zero-order valence-corrected chi connectivity index (χ0v) is 10.8.